The minimum absolute atomic E-state index is 0.0190. The monoisotopic (exact) mass is 214 g/mol. The molecular formula is C11H22N2O2. The Labute approximate surface area is 91.8 Å². The molecular weight excluding hydrogens is 192 g/mol. The van der Waals surface area contributed by atoms with Gasteiger partial charge in [0.15, 0.2) is 0 Å². The fourth-order valence-corrected chi connectivity index (χ4v) is 1.92. The second kappa shape index (κ2) is 6.80. The van der Waals surface area contributed by atoms with Crippen LogP contribution in [0.2, 0.25) is 0 Å². The Morgan fingerprint density at radius 1 is 1.67 bits per heavy atom. The third-order valence-corrected chi connectivity index (χ3v) is 2.91. The molecule has 1 fully saturated rings. The minimum atomic E-state index is -0.290. The molecule has 4 heteroatoms. The number of hydrogen-bond donors (Lipinski definition) is 2. The third-order valence-electron chi connectivity index (χ3n) is 2.91. The highest BCUT2D eigenvalue weighted by Gasteiger charge is 2.18. The van der Waals surface area contributed by atoms with Crippen molar-refractivity contribution in [2.75, 3.05) is 26.7 Å². The molecule has 0 spiro atoms. The van der Waals surface area contributed by atoms with Crippen molar-refractivity contribution in [3.05, 3.63) is 0 Å². The predicted molar refractivity (Wildman–Crippen MR) is 59.7 cm³/mol. The molecule has 88 valence electrons. The number of ether oxygens (including phenoxy) is 1. The molecule has 0 aromatic rings. The quantitative estimate of drug-likeness (QED) is 0.702. The molecule has 1 rings (SSSR count). The van der Waals surface area contributed by atoms with Gasteiger partial charge >= 0.3 is 0 Å². The second-order valence-electron chi connectivity index (χ2n) is 4.09. The van der Waals surface area contributed by atoms with Crippen LogP contribution in [0.1, 0.15) is 26.2 Å². The first-order valence-electron chi connectivity index (χ1n) is 5.79. The summed E-state index contributed by atoms with van der Waals surface area (Å²) >= 11 is 0. The molecule has 0 aromatic carbocycles. The first kappa shape index (κ1) is 12.5. The maximum Gasteiger partial charge on any atom is 0.249 e. The summed E-state index contributed by atoms with van der Waals surface area (Å²) in [7, 11) is 1.58. The van der Waals surface area contributed by atoms with E-state index in [0.29, 0.717) is 5.92 Å². The topological polar surface area (TPSA) is 50.4 Å². The minimum Gasteiger partial charge on any atom is -0.372 e. The van der Waals surface area contributed by atoms with Crippen LogP contribution in [0.5, 0.6) is 0 Å². The molecule has 2 unspecified atom stereocenters. The van der Waals surface area contributed by atoms with E-state index in [1.807, 2.05) is 6.92 Å². The van der Waals surface area contributed by atoms with E-state index in [1.165, 1.54) is 12.8 Å². The molecule has 0 saturated carbocycles. The van der Waals surface area contributed by atoms with E-state index in [1.54, 1.807) is 7.11 Å². The summed E-state index contributed by atoms with van der Waals surface area (Å²) in [5.41, 5.74) is 0. The van der Waals surface area contributed by atoms with Crippen LogP contribution in [0.15, 0.2) is 0 Å². The predicted octanol–water partition coefficient (Wildman–Crippen LogP) is 0.527. The van der Waals surface area contributed by atoms with E-state index in [2.05, 4.69) is 10.6 Å². The van der Waals surface area contributed by atoms with Gasteiger partial charge in [-0.15, -0.1) is 0 Å². The summed E-state index contributed by atoms with van der Waals surface area (Å²) in [6.45, 7) is 4.85. The molecule has 0 aliphatic carbocycles. The van der Waals surface area contributed by atoms with E-state index < -0.39 is 0 Å². The molecule has 1 saturated heterocycles. The average Bonchev–Trinajstić information content (AvgIpc) is 2.29. The number of nitrogens with one attached hydrogen (secondary N) is 2. The maximum absolute atomic E-state index is 11.6. The summed E-state index contributed by atoms with van der Waals surface area (Å²) in [6.07, 6.45) is 2.85. The highest BCUT2D eigenvalue weighted by molar-refractivity contribution is 5.80. The standard InChI is InChI=1S/C11H22N2O2/c1-3-10(15-2)11(14)13-8-9-5-4-6-12-7-9/h9-10,12H,3-8H2,1-2H3,(H,13,14). The van der Waals surface area contributed by atoms with Crippen LogP contribution in [0.25, 0.3) is 0 Å². The fraction of sp³-hybridized carbons (Fsp3) is 0.909. The molecule has 1 amide bonds. The van der Waals surface area contributed by atoms with E-state index in [4.69, 9.17) is 4.74 Å². The number of amides is 1. The van der Waals surface area contributed by atoms with Crippen LogP contribution in [-0.4, -0.2) is 38.8 Å². The fourth-order valence-electron chi connectivity index (χ4n) is 1.92. The van der Waals surface area contributed by atoms with Crippen molar-refractivity contribution < 1.29 is 9.53 Å². The average molecular weight is 214 g/mol. The van der Waals surface area contributed by atoms with Crippen molar-refractivity contribution >= 4 is 5.91 Å². The van der Waals surface area contributed by atoms with Gasteiger partial charge in [0.1, 0.15) is 6.10 Å². The molecule has 2 atom stereocenters. The summed E-state index contributed by atoms with van der Waals surface area (Å²) < 4.78 is 5.07. The number of carbonyl (C=O) groups is 1. The summed E-state index contributed by atoms with van der Waals surface area (Å²) in [4.78, 5) is 11.6. The van der Waals surface area contributed by atoms with Crippen LogP contribution < -0.4 is 10.6 Å². The van der Waals surface area contributed by atoms with Crippen molar-refractivity contribution in [1.29, 1.82) is 0 Å². The molecule has 4 nitrogen and oxygen atoms in total. The second-order valence-corrected chi connectivity index (χ2v) is 4.09. The Bertz CT molecular complexity index is 187. The van der Waals surface area contributed by atoms with Crippen molar-refractivity contribution in [2.45, 2.75) is 32.3 Å². The molecule has 2 N–H and O–H groups in total. The van der Waals surface area contributed by atoms with Crippen molar-refractivity contribution in [2.24, 2.45) is 5.92 Å². The molecule has 0 aromatic heterocycles. The molecule has 1 heterocycles. The zero-order chi connectivity index (χ0) is 11.1. The molecule has 1 aliphatic rings. The summed E-state index contributed by atoms with van der Waals surface area (Å²) in [5.74, 6) is 0.600. The van der Waals surface area contributed by atoms with Gasteiger partial charge in [-0.3, -0.25) is 4.79 Å². The van der Waals surface area contributed by atoms with Crippen LogP contribution in [0, 0.1) is 5.92 Å². The van der Waals surface area contributed by atoms with Crippen LogP contribution >= 0.6 is 0 Å². The van der Waals surface area contributed by atoms with E-state index in [0.717, 1.165) is 26.1 Å². The third kappa shape index (κ3) is 4.18. The van der Waals surface area contributed by atoms with Gasteiger partial charge in [0.25, 0.3) is 0 Å². The van der Waals surface area contributed by atoms with Crippen molar-refractivity contribution in [3.8, 4) is 0 Å². The Kier molecular flexibility index (Phi) is 5.65. The van der Waals surface area contributed by atoms with Crippen molar-refractivity contribution in [1.82, 2.24) is 10.6 Å². The Balaban J connectivity index is 2.20. The maximum atomic E-state index is 11.6. The van der Waals surface area contributed by atoms with Gasteiger partial charge in [0.2, 0.25) is 5.91 Å². The summed E-state index contributed by atoms with van der Waals surface area (Å²) in [6, 6.07) is 0. The van der Waals surface area contributed by atoms with Gasteiger partial charge in [0, 0.05) is 13.7 Å². The Hall–Kier alpha value is -0.610. The van der Waals surface area contributed by atoms with Gasteiger partial charge in [-0.1, -0.05) is 6.92 Å². The lowest BCUT2D eigenvalue weighted by Crippen LogP contribution is -2.42. The lowest BCUT2D eigenvalue weighted by molar-refractivity contribution is -0.131. The van der Waals surface area contributed by atoms with Crippen LogP contribution in [0.4, 0.5) is 0 Å². The zero-order valence-electron chi connectivity index (χ0n) is 9.71. The largest absolute Gasteiger partial charge is 0.372 e. The summed E-state index contributed by atoms with van der Waals surface area (Å²) in [5, 5.41) is 6.28. The van der Waals surface area contributed by atoms with Gasteiger partial charge < -0.3 is 15.4 Å². The van der Waals surface area contributed by atoms with E-state index in [9.17, 15) is 4.79 Å². The van der Waals surface area contributed by atoms with Crippen LogP contribution in [-0.2, 0) is 9.53 Å². The number of rotatable bonds is 5. The van der Waals surface area contributed by atoms with Gasteiger partial charge in [-0.2, -0.15) is 0 Å². The van der Waals surface area contributed by atoms with Gasteiger partial charge in [-0.05, 0) is 38.3 Å². The highest BCUT2D eigenvalue weighted by atomic mass is 16.5. The number of methoxy groups -OCH3 is 1. The molecule has 0 radical (unpaired) electrons. The SMILES string of the molecule is CCC(OC)C(=O)NCC1CCCNC1. The normalized spacial score (nSPS) is 23.5. The number of carbonyl (C=O) groups excluding carboxylic acids is 1. The number of piperidine rings is 1. The Morgan fingerprint density at radius 3 is 3.00 bits per heavy atom. The van der Waals surface area contributed by atoms with Gasteiger partial charge in [-0.25, -0.2) is 0 Å². The first-order chi connectivity index (χ1) is 7.27. The smallest absolute Gasteiger partial charge is 0.249 e. The van der Waals surface area contributed by atoms with Gasteiger partial charge in [0.05, 0.1) is 0 Å². The van der Waals surface area contributed by atoms with E-state index in [-0.39, 0.29) is 12.0 Å². The lowest BCUT2D eigenvalue weighted by Gasteiger charge is -2.23. The lowest BCUT2D eigenvalue weighted by atomic mass is 10.00. The van der Waals surface area contributed by atoms with Crippen molar-refractivity contribution in [3.63, 3.8) is 0 Å². The van der Waals surface area contributed by atoms with E-state index >= 15 is 0 Å². The highest BCUT2D eigenvalue weighted by Crippen LogP contribution is 2.08. The molecule has 1 aliphatic heterocycles. The first-order valence-corrected chi connectivity index (χ1v) is 5.79. The zero-order valence-corrected chi connectivity index (χ0v) is 9.71. The molecule has 0 bridgehead atoms. The Morgan fingerprint density at radius 2 is 2.47 bits per heavy atom. The number of hydrogen-bond acceptors (Lipinski definition) is 3. The van der Waals surface area contributed by atoms with Crippen LogP contribution in [0.3, 0.4) is 0 Å². The molecule has 15 heavy (non-hydrogen) atoms.